The smallest absolute Gasteiger partial charge is 0.300 e. The van der Waals surface area contributed by atoms with Crippen LogP contribution in [0.5, 0.6) is 0 Å². The standard InChI is InChI=1S/C17H25N5O2/c1-11-9-22(10-12(2)23-11)17-20-15-14(24-17)8-13(18)16(19-15)21-6-4-3-5-7-21/h8,11-12H,3-7,9-10,18H2,1-2H3. The zero-order valence-corrected chi connectivity index (χ0v) is 14.4. The summed E-state index contributed by atoms with van der Waals surface area (Å²) in [6.07, 6.45) is 3.97. The van der Waals surface area contributed by atoms with Gasteiger partial charge in [0.2, 0.25) is 5.65 Å². The van der Waals surface area contributed by atoms with Crippen LogP contribution in [0.2, 0.25) is 0 Å². The van der Waals surface area contributed by atoms with Crippen molar-refractivity contribution in [3.05, 3.63) is 6.07 Å². The number of hydrogen-bond donors (Lipinski definition) is 1. The summed E-state index contributed by atoms with van der Waals surface area (Å²) in [5, 5.41) is 0. The molecule has 4 rings (SSSR count). The Kier molecular flexibility index (Phi) is 3.96. The van der Waals surface area contributed by atoms with Crippen molar-refractivity contribution < 1.29 is 9.15 Å². The van der Waals surface area contributed by atoms with Crippen molar-refractivity contribution in [2.45, 2.75) is 45.3 Å². The zero-order chi connectivity index (χ0) is 16.7. The maximum atomic E-state index is 6.22. The van der Waals surface area contributed by atoms with Crippen LogP contribution in [-0.2, 0) is 4.74 Å². The van der Waals surface area contributed by atoms with Gasteiger partial charge < -0.3 is 24.7 Å². The Morgan fingerprint density at radius 1 is 1.04 bits per heavy atom. The van der Waals surface area contributed by atoms with Gasteiger partial charge in [-0.25, -0.2) is 4.98 Å². The van der Waals surface area contributed by atoms with Crippen molar-refractivity contribution in [3.63, 3.8) is 0 Å². The molecule has 7 heteroatoms. The minimum Gasteiger partial charge on any atom is -0.422 e. The molecule has 2 N–H and O–H groups in total. The molecule has 0 radical (unpaired) electrons. The number of fused-ring (bicyclic) bond motifs is 1. The first-order chi connectivity index (χ1) is 11.6. The van der Waals surface area contributed by atoms with E-state index in [1.54, 1.807) is 0 Å². The monoisotopic (exact) mass is 331 g/mol. The number of nitrogen functional groups attached to an aromatic ring is 1. The van der Waals surface area contributed by atoms with Crippen LogP contribution in [0.25, 0.3) is 11.2 Å². The van der Waals surface area contributed by atoms with Crippen molar-refractivity contribution in [1.29, 1.82) is 0 Å². The van der Waals surface area contributed by atoms with E-state index in [2.05, 4.69) is 28.6 Å². The molecule has 2 atom stereocenters. The molecule has 0 bridgehead atoms. The molecule has 2 saturated heterocycles. The van der Waals surface area contributed by atoms with Crippen LogP contribution in [0.3, 0.4) is 0 Å². The predicted molar refractivity (Wildman–Crippen MR) is 94.5 cm³/mol. The molecule has 2 fully saturated rings. The van der Waals surface area contributed by atoms with E-state index in [1.165, 1.54) is 19.3 Å². The number of anilines is 3. The highest BCUT2D eigenvalue weighted by atomic mass is 16.5. The first-order valence-corrected chi connectivity index (χ1v) is 8.82. The van der Waals surface area contributed by atoms with Gasteiger partial charge >= 0.3 is 0 Å². The number of piperidine rings is 1. The van der Waals surface area contributed by atoms with Crippen LogP contribution in [0.4, 0.5) is 17.5 Å². The van der Waals surface area contributed by atoms with Gasteiger partial charge in [0.1, 0.15) is 0 Å². The fraction of sp³-hybridized carbons (Fsp3) is 0.647. The number of pyridine rings is 1. The molecule has 2 unspecified atom stereocenters. The third-order valence-electron chi connectivity index (χ3n) is 4.73. The van der Waals surface area contributed by atoms with E-state index in [0.29, 0.717) is 22.9 Å². The second-order valence-corrected chi connectivity index (χ2v) is 6.93. The summed E-state index contributed by atoms with van der Waals surface area (Å²) in [4.78, 5) is 13.7. The number of nitrogens with two attached hydrogens (primary N) is 1. The SMILES string of the molecule is CC1CN(c2nc3nc(N4CCCCC4)c(N)cc3o2)CC(C)O1. The Labute approximate surface area is 141 Å². The Morgan fingerprint density at radius 2 is 1.75 bits per heavy atom. The Bertz CT molecular complexity index is 715. The molecule has 0 aromatic carbocycles. The second-order valence-electron chi connectivity index (χ2n) is 6.93. The van der Waals surface area contributed by atoms with Crippen LogP contribution in [-0.4, -0.2) is 48.4 Å². The van der Waals surface area contributed by atoms with Gasteiger partial charge in [-0.15, -0.1) is 0 Å². The van der Waals surface area contributed by atoms with Gasteiger partial charge in [0.25, 0.3) is 6.01 Å². The number of hydrogen-bond acceptors (Lipinski definition) is 7. The van der Waals surface area contributed by atoms with Crippen molar-refractivity contribution in [2.24, 2.45) is 0 Å². The number of ether oxygens (including phenoxy) is 1. The quantitative estimate of drug-likeness (QED) is 0.905. The average Bonchev–Trinajstić information content (AvgIpc) is 2.97. The second kappa shape index (κ2) is 6.12. The van der Waals surface area contributed by atoms with Crippen LogP contribution in [0, 0.1) is 0 Å². The van der Waals surface area contributed by atoms with E-state index >= 15 is 0 Å². The number of nitrogens with zero attached hydrogens (tertiary/aromatic N) is 4. The Balaban J connectivity index is 1.65. The van der Waals surface area contributed by atoms with E-state index in [4.69, 9.17) is 19.9 Å². The summed E-state index contributed by atoms with van der Waals surface area (Å²) in [5.74, 6) is 0.839. The van der Waals surface area contributed by atoms with Crippen molar-refractivity contribution in [2.75, 3.05) is 41.7 Å². The number of morpholine rings is 1. The van der Waals surface area contributed by atoms with Crippen LogP contribution < -0.4 is 15.5 Å². The lowest BCUT2D eigenvalue weighted by atomic mass is 10.1. The zero-order valence-electron chi connectivity index (χ0n) is 14.4. The largest absolute Gasteiger partial charge is 0.422 e. The highest BCUT2D eigenvalue weighted by Gasteiger charge is 2.26. The first kappa shape index (κ1) is 15.5. The normalized spacial score (nSPS) is 25.4. The number of aromatic nitrogens is 2. The molecule has 130 valence electrons. The maximum absolute atomic E-state index is 6.22. The maximum Gasteiger partial charge on any atom is 0.300 e. The highest BCUT2D eigenvalue weighted by Crippen LogP contribution is 2.30. The third-order valence-corrected chi connectivity index (χ3v) is 4.73. The van der Waals surface area contributed by atoms with Gasteiger partial charge in [0.15, 0.2) is 11.4 Å². The molecule has 0 aliphatic carbocycles. The molecular weight excluding hydrogens is 306 g/mol. The molecule has 0 saturated carbocycles. The molecule has 4 heterocycles. The predicted octanol–water partition coefficient (Wildman–Crippen LogP) is 2.41. The summed E-state index contributed by atoms with van der Waals surface area (Å²) in [5.41, 5.74) is 8.17. The van der Waals surface area contributed by atoms with Crippen LogP contribution in [0.1, 0.15) is 33.1 Å². The van der Waals surface area contributed by atoms with Gasteiger partial charge in [-0.2, -0.15) is 4.98 Å². The lowest BCUT2D eigenvalue weighted by Gasteiger charge is -2.34. The summed E-state index contributed by atoms with van der Waals surface area (Å²) in [6.45, 7) is 7.68. The molecule has 7 nitrogen and oxygen atoms in total. The topological polar surface area (TPSA) is 80.7 Å². The van der Waals surface area contributed by atoms with E-state index in [1.807, 2.05) is 6.07 Å². The van der Waals surface area contributed by atoms with E-state index in [9.17, 15) is 0 Å². The highest BCUT2D eigenvalue weighted by molar-refractivity contribution is 5.80. The van der Waals surface area contributed by atoms with Crippen LogP contribution in [0.15, 0.2) is 10.5 Å². The molecular formula is C17H25N5O2. The van der Waals surface area contributed by atoms with Gasteiger partial charge in [-0.3, -0.25) is 0 Å². The Hall–Kier alpha value is -2.02. The molecule has 2 aliphatic rings. The molecule has 2 aromatic rings. The van der Waals surface area contributed by atoms with Gasteiger partial charge in [-0.1, -0.05) is 0 Å². The van der Waals surface area contributed by atoms with Crippen molar-refractivity contribution in [3.8, 4) is 0 Å². The summed E-state index contributed by atoms with van der Waals surface area (Å²) in [6, 6.07) is 2.46. The fourth-order valence-electron chi connectivity index (χ4n) is 3.69. The Morgan fingerprint density at radius 3 is 2.46 bits per heavy atom. The fourth-order valence-corrected chi connectivity index (χ4v) is 3.69. The summed E-state index contributed by atoms with van der Waals surface area (Å²) >= 11 is 0. The molecule has 2 aromatic heterocycles. The van der Waals surface area contributed by atoms with Gasteiger partial charge in [0.05, 0.1) is 17.9 Å². The third kappa shape index (κ3) is 2.88. The van der Waals surface area contributed by atoms with Gasteiger partial charge in [-0.05, 0) is 33.1 Å². The van der Waals surface area contributed by atoms with E-state index < -0.39 is 0 Å². The summed E-state index contributed by atoms with van der Waals surface area (Å²) in [7, 11) is 0. The first-order valence-electron chi connectivity index (χ1n) is 8.82. The molecule has 2 aliphatic heterocycles. The average molecular weight is 331 g/mol. The minimum absolute atomic E-state index is 0.158. The lowest BCUT2D eigenvalue weighted by molar-refractivity contribution is -0.00662. The number of oxazole rings is 1. The molecule has 24 heavy (non-hydrogen) atoms. The van der Waals surface area contributed by atoms with Crippen LogP contribution >= 0.6 is 0 Å². The van der Waals surface area contributed by atoms with Crippen molar-refractivity contribution >= 4 is 28.8 Å². The van der Waals surface area contributed by atoms with Crippen molar-refractivity contribution in [1.82, 2.24) is 9.97 Å². The summed E-state index contributed by atoms with van der Waals surface area (Å²) < 4.78 is 11.7. The van der Waals surface area contributed by atoms with Gasteiger partial charge in [0, 0.05) is 32.2 Å². The molecule has 0 amide bonds. The van der Waals surface area contributed by atoms with E-state index in [0.717, 1.165) is 32.0 Å². The minimum atomic E-state index is 0.158. The number of rotatable bonds is 2. The molecule has 0 spiro atoms. The lowest BCUT2D eigenvalue weighted by Crippen LogP contribution is -2.45. The van der Waals surface area contributed by atoms with E-state index in [-0.39, 0.29) is 12.2 Å².